The molecule has 34 heavy (non-hydrogen) atoms. The number of thioether (sulfide) groups is 1. The van der Waals surface area contributed by atoms with Gasteiger partial charge in [0.2, 0.25) is 0 Å². The summed E-state index contributed by atoms with van der Waals surface area (Å²) in [7, 11) is 0. The summed E-state index contributed by atoms with van der Waals surface area (Å²) in [6, 6.07) is 25.4. The van der Waals surface area contributed by atoms with E-state index in [1.807, 2.05) is 77.7 Å². The summed E-state index contributed by atoms with van der Waals surface area (Å²) in [6.07, 6.45) is 1.53. The van der Waals surface area contributed by atoms with E-state index in [0.717, 1.165) is 28.5 Å². The van der Waals surface area contributed by atoms with E-state index in [1.165, 1.54) is 10.3 Å². The SMILES string of the molecule is O=C(NC1CCN(C(=O)c2ccc(CSc3nc4ccccc4s3)cc2)CC1)c1ccccc1. The van der Waals surface area contributed by atoms with Crippen molar-refractivity contribution in [2.45, 2.75) is 29.0 Å². The van der Waals surface area contributed by atoms with Gasteiger partial charge < -0.3 is 10.2 Å². The topological polar surface area (TPSA) is 62.3 Å². The van der Waals surface area contributed by atoms with Crippen molar-refractivity contribution in [3.05, 3.63) is 95.6 Å². The van der Waals surface area contributed by atoms with E-state index < -0.39 is 0 Å². The van der Waals surface area contributed by atoms with Crippen LogP contribution in [0.3, 0.4) is 0 Å². The Hall–Kier alpha value is -3.16. The average Bonchev–Trinajstić information content (AvgIpc) is 3.31. The lowest BCUT2D eigenvalue weighted by Crippen LogP contribution is -2.46. The third-order valence-electron chi connectivity index (χ3n) is 5.99. The molecule has 1 aliphatic heterocycles. The predicted octanol–water partition coefficient (Wildman–Crippen LogP) is 5.62. The molecule has 172 valence electrons. The second-order valence-corrected chi connectivity index (χ2v) is 10.6. The summed E-state index contributed by atoms with van der Waals surface area (Å²) >= 11 is 3.43. The smallest absolute Gasteiger partial charge is 0.253 e. The van der Waals surface area contributed by atoms with Crippen LogP contribution in [0.1, 0.15) is 39.1 Å². The Morgan fingerprint density at radius 2 is 1.62 bits per heavy atom. The number of para-hydroxylation sites is 1. The Bertz CT molecular complexity index is 1250. The molecule has 5 rings (SSSR count). The number of likely N-dealkylation sites (tertiary alicyclic amines) is 1. The Balaban J connectivity index is 1.11. The zero-order valence-electron chi connectivity index (χ0n) is 18.6. The highest BCUT2D eigenvalue weighted by atomic mass is 32.2. The van der Waals surface area contributed by atoms with Crippen molar-refractivity contribution in [3.63, 3.8) is 0 Å². The van der Waals surface area contributed by atoms with Gasteiger partial charge in [0.1, 0.15) is 0 Å². The largest absolute Gasteiger partial charge is 0.349 e. The zero-order chi connectivity index (χ0) is 23.3. The molecular formula is C27H25N3O2S2. The van der Waals surface area contributed by atoms with Gasteiger partial charge in [0, 0.05) is 36.0 Å². The molecule has 0 atom stereocenters. The van der Waals surface area contributed by atoms with Gasteiger partial charge in [-0.25, -0.2) is 4.98 Å². The molecule has 0 unspecified atom stereocenters. The summed E-state index contributed by atoms with van der Waals surface area (Å²) in [5, 5.41) is 3.09. The number of nitrogens with zero attached hydrogens (tertiary/aromatic N) is 2. The van der Waals surface area contributed by atoms with Crippen LogP contribution >= 0.6 is 23.1 Å². The van der Waals surface area contributed by atoms with E-state index in [4.69, 9.17) is 0 Å². The van der Waals surface area contributed by atoms with Crippen molar-refractivity contribution in [1.29, 1.82) is 0 Å². The summed E-state index contributed by atoms with van der Waals surface area (Å²) in [4.78, 5) is 31.9. The molecule has 2 amide bonds. The first-order chi connectivity index (χ1) is 16.7. The van der Waals surface area contributed by atoms with Crippen molar-refractivity contribution in [1.82, 2.24) is 15.2 Å². The number of aromatic nitrogens is 1. The van der Waals surface area contributed by atoms with Crippen LogP contribution in [-0.2, 0) is 5.75 Å². The standard InChI is InChI=1S/C27H25N3O2S2/c31-25(20-6-2-1-3-7-20)28-22-14-16-30(17-15-22)26(32)21-12-10-19(11-13-21)18-33-27-29-23-8-4-5-9-24(23)34-27/h1-13,22H,14-18H2,(H,28,31). The van der Waals surface area contributed by atoms with Crippen LogP contribution < -0.4 is 5.32 Å². The number of thiazole rings is 1. The van der Waals surface area contributed by atoms with Gasteiger partial charge in [0.25, 0.3) is 11.8 Å². The number of carbonyl (C=O) groups excluding carboxylic acids is 2. The van der Waals surface area contributed by atoms with Gasteiger partial charge in [-0.2, -0.15) is 0 Å². The predicted molar refractivity (Wildman–Crippen MR) is 138 cm³/mol. The van der Waals surface area contributed by atoms with Crippen LogP contribution in [0.25, 0.3) is 10.2 Å². The fourth-order valence-electron chi connectivity index (χ4n) is 4.07. The summed E-state index contributed by atoms with van der Waals surface area (Å²) < 4.78 is 2.26. The van der Waals surface area contributed by atoms with Crippen LogP contribution in [0.2, 0.25) is 0 Å². The lowest BCUT2D eigenvalue weighted by Gasteiger charge is -2.32. The van der Waals surface area contributed by atoms with E-state index in [2.05, 4.69) is 16.4 Å². The molecule has 1 fully saturated rings. The highest BCUT2D eigenvalue weighted by Gasteiger charge is 2.24. The fraction of sp³-hybridized carbons (Fsp3) is 0.222. The minimum Gasteiger partial charge on any atom is -0.349 e. The van der Waals surface area contributed by atoms with Crippen molar-refractivity contribution in [2.24, 2.45) is 0 Å². The molecule has 5 nitrogen and oxygen atoms in total. The maximum Gasteiger partial charge on any atom is 0.253 e. The van der Waals surface area contributed by atoms with Crippen molar-refractivity contribution in [3.8, 4) is 0 Å². The first-order valence-corrected chi connectivity index (χ1v) is 13.2. The third-order valence-corrected chi connectivity index (χ3v) is 8.24. The van der Waals surface area contributed by atoms with E-state index in [0.29, 0.717) is 24.2 Å². The van der Waals surface area contributed by atoms with Crippen LogP contribution in [-0.4, -0.2) is 40.8 Å². The van der Waals surface area contributed by atoms with Crippen LogP contribution in [0.4, 0.5) is 0 Å². The lowest BCUT2D eigenvalue weighted by atomic mass is 10.0. The highest BCUT2D eigenvalue weighted by Crippen LogP contribution is 2.31. The van der Waals surface area contributed by atoms with Gasteiger partial charge in [-0.3, -0.25) is 9.59 Å². The first-order valence-electron chi connectivity index (χ1n) is 11.4. The number of rotatable bonds is 6. The van der Waals surface area contributed by atoms with Gasteiger partial charge in [-0.15, -0.1) is 11.3 Å². The number of hydrogen-bond acceptors (Lipinski definition) is 5. The van der Waals surface area contributed by atoms with E-state index in [9.17, 15) is 9.59 Å². The summed E-state index contributed by atoms with van der Waals surface area (Å²) in [6.45, 7) is 1.29. The molecule has 4 aromatic rings. The van der Waals surface area contributed by atoms with Crippen molar-refractivity contribution >= 4 is 45.1 Å². The van der Waals surface area contributed by atoms with Crippen LogP contribution in [0.5, 0.6) is 0 Å². The monoisotopic (exact) mass is 487 g/mol. The molecule has 0 spiro atoms. The van der Waals surface area contributed by atoms with Crippen molar-refractivity contribution in [2.75, 3.05) is 13.1 Å². The van der Waals surface area contributed by atoms with Gasteiger partial charge in [0.15, 0.2) is 4.34 Å². The van der Waals surface area contributed by atoms with Gasteiger partial charge in [0.05, 0.1) is 10.2 Å². The minimum absolute atomic E-state index is 0.0512. The molecule has 2 heterocycles. The van der Waals surface area contributed by atoms with E-state index >= 15 is 0 Å². The highest BCUT2D eigenvalue weighted by molar-refractivity contribution is 8.00. The molecule has 1 saturated heterocycles. The fourth-order valence-corrected chi connectivity index (χ4v) is 6.09. The molecule has 7 heteroatoms. The van der Waals surface area contributed by atoms with Gasteiger partial charge in [-0.05, 0) is 54.8 Å². The molecule has 0 radical (unpaired) electrons. The second kappa shape index (κ2) is 10.4. The molecule has 3 aromatic carbocycles. The van der Waals surface area contributed by atoms with E-state index in [1.54, 1.807) is 23.1 Å². The molecule has 1 N–H and O–H groups in total. The minimum atomic E-state index is -0.0512. The lowest BCUT2D eigenvalue weighted by molar-refractivity contribution is 0.0698. The Kier molecular flexibility index (Phi) is 6.92. The third kappa shape index (κ3) is 5.32. The normalized spacial score (nSPS) is 14.3. The quantitative estimate of drug-likeness (QED) is 0.359. The number of hydrogen-bond donors (Lipinski definition) is 1. The van der Waals surface area contributed by atoms with Crippen LogP contribution in [0.15, 0.2) is 83.2 Å². The molecule has 1 aliphatic rings. The van der Waals surface area contributed by atoms with E-state index in [-0.39, 0.29) is 17.9 Å². The molecule has 0 aliphatic carbocycles. The number of amides is 2. The maximum absolute atomic E-state index is 13.0. The number of carbonyl (C=O) groups is 2. The summed E-state index contributed by atoms with van der Waals surface area (Å²) in [5.41, 5.74) is 3.59. The molecular weight excluding hydrogens is 462 g/mol. The number of benzene rings is 3. The first kappa shape index (κ1) is 22.6. The molecule has 0 bridgehead atoms. The zero-order valence-corrected chi connectivity index (χ0v) is 20.3. The Morgan fingerprint density at radius 1 is 0.912 bits per heavy atom. The van der Waals surface area contributed by atoms with Crippen molar-refractivity contribution < 1.29 is 9.59 Å². The summed E-state index contributed by atoms with van der Waals surface area (Å²) in [5.74, 6) is 0.823. The Morgan fingerprint density at radius 3 is 2.35 bits per heavy atom. The number of fused-ring (bicyclic) bond motifs is 1. The maximum atomic E-state index is 13.0. The van der Waals surface area contributed by atoms with Gasteiger partial charge in [-0.1, -0.05) is 54.2 Å². The molecule has 1 aromatic heterocycles. The average molecular weight is 488 g/mol. The van der Waals surface area contributed by atoms with Crippen LogP contribution in [0, 0.1) is 0 Å². The number of nitrogens with one attached hydrogen (secondary N) is 1. The Labute approximate surface area is 207 Å². The number of piperidine rings is 1. The second-order valence-electron chi connectivity index (χ2n) is 8.34. The molecule has 0 saturated carbocycles. The van der Waals surface area contributed by atoms with Gasteiger partial charge >= 0.3 is 0 Å².